The summed E-state index contributed by atoms with van der Waals surface area (Å²) in [7, 11) is 1.44. The molecule has 26 heavy (non-hydrogen) atoms. The Balaban J connectivity index is 1.93. The van der Waals surface area contributed by atoms with Gasteiger partial charge in [0.15, 0.2) is 5.82 Å². The van der Waals surface area contributed by atoms with Crippen LogP contribution in [0.4, 0.5) is 13.2 Å². The van der Waals surface area contributed by atoms with Crippen LogP contribution in [0.2, 0.25) is 5.02 Å². The van der Waals surface area contributed by atoms with Crippen LogP contribution in [0, 0.1) is 0 Å². The number of hydrogen-bond acceptors (Lipinski definition) is 6. The first-order chi connectivity index (χ1) is 12.4. The van der Waals surface area contributed by atoms with Gasteiger partial charge in [-0.15, -0.1) is 0 Å². The highest BCUT2D eigenvalue weighted by molar-refractivity contribution is 6.32. The first-order valence-electron chi connectivity index (χ1n) is 7.60. The van der Waals surface area contributed by atoms with E-state index in [-0.39, 0.29) is 22.6 Å². The normalized spacial score (nSPS) is 15.9. The van der Waals surface area contributed by atoms with E-state index in [1.807, 2.05) is 5.10 Å². The number of halogens is 4. The van der Waals surface area contributed by atoms with Gasteiger partial charge in [0.25, 0.3) is 0 Å². The maximum Gasteiger partial charge on any atom is 0.451 e. The van der Waals surface area contributed by atoms with Gasteiger partial charge in [0.1, 0.15) is 5.02 Å². The number of ether oxygens (including phenoxy) is 1. The van der Waals surface area contributed by atoms with Crippen LogP contribution in [0.15, 0.2) is 6.07 Å². The summed E-state index contributed by atoms with van der Waals surface area (Å²) in [5.74, 6) is -1.07. The minimum atomic E-state index is -4.61. The molecule has 4 heterocycles. The summed E-state index contributed by atoms with van der Waals surface area (Å²) in [6, 6.07) is 1.61. The summed E-state index contributed by atoms with van der Waals surface area (Å²) in [5, 5.41) is 5.94. The number of fused-ring (bicyclic) bond motifs is 1. The molecule has 0 unspecified atom stereocenters. The fraction of sp³-hybridized carbons (Fsp3) is 0.357. The number of pyridine rings is 1. The molecule has 1 saturated heterocycles. The van der Waals surface area contributed by atoms with Gasteiger partial charge in [-0.3, -0.25) is 16.0 Å². The van der Waals surface area contributed by atoms with Crippen molar-refractivity contribution in [2.75, 3.05) is 20.2 Å². The summed E-state index contributed by atoms with van der Waals surface area (Å²) in [6.07, 6.45) is -4.61. The predicted octanol–water partition coefficient (Wildman–Crippen LogP) is 2.22. The third-order valence-corrected chi connectivity index (χ3v) is 4.40. The average molecular weight is 388 g/mol. The predicted molar refractivity (Wildman–Crippen MR) is 86.8 cm³/mol. The molecule has 138 valence electrons. The van der Waals surface area contributed by atoms with Crippen molar-refractivity contribution in [1.82, 2.24) is 36.0 Å². The van der Waals surface area contributed by atoms with Crippen molar-refractivity contribution < 1.29 is 17.9 Å². The highest BCUT2D eigenvalue weighted by Gasteiger charge is 2.36. The van der Waals surface area contributed by atoms with Crippen LogP contribution in [0.1, 0.15) is 17.3 Å². The number of aromatic nitrogens is 5. The lowest BCUT2D eigenvalue weighted by Crippen LogP contribution is -2.21. The lowest BCUT2D eigenvalue weighted by molar-refractivity contribution is -0.144. The highest BCUT2D eigenvalue weighted by atomic mass is 35.5. The van der Waals surface area contributed by atoms with Gasteiger partial charge in [0.2, 0.25) is 11.7 Å². The van der Waals surface area contributed by atoms with Crippen molar-refractivity contribution >= 4 is 22.6 Å². The maximum absolute atomic E-state index is 12.9. The van der Waals surface area contributed by atoms with E-state index in [1.165, 1.54) is 7.11 Å². The van der Waals surface area contributed by atoms with E-state index in [2.05, 4.69) is 30.9 Å². The molecule has 8 nitrogen and oxygen atoms in total. The van der Waals surface area contributed by atoms with Crippen molar-refractivity contribution in [3.63, 3.8) is 0 Å². The second kappa shape index (κ2) is 6.11. The lowest BCUT2D eigenvalue weighted by Gasteiger charge is -2.09. The van der Waals surface area contributed by atoms with Gasteiger partial charge >= 0.3 is 6.18 Å². The van der Waals surface area contributed by atoms with E-state index in [0.29, 0.717) is 35.4 Å². The number of alkyl halides is 3. The van der Waals surface area contributed by atoms with Gasteiger partial charge < -0.3 is 9.72 Å². The molecule has 1 fully saturated rings. The Morgan fingerprint density at radius 1 is 1.23 bits per heavy atom. The van der Waals surface area contributed by atoms with Crippen LogP contribution in [-0.2, 0) is 6.18 Å². The van der Waals surface area contributed by atoms with Gasteiger partial charge in [-0.25, -0.2) is 9.97 Å². The summed E-state index contributed by atoms with van der Waals surface area (Å²) in [4.78, 5) is 11.0. The van der Waals surface area contributed by atoms with Gasteiger partial charge in [-0.1, -0.05) is 11.6 Å². The fourth-order valence-electron chi connectivity index (χ4n) is 2.98. The third kappa shape index (κ3) is 2.77. The van der Waals surface area contributed by atoms with Crippen LogP contribution >= 0.6 is 11.6 Å². The van der Waals surface area contributed by atoms with Gasteiger partial charge in [-0.05, 0) is 6.07 Å². The van der Waals surface area contributed by atoms with Crippen molar-refractivity contribution in [2.45, 2.75) is 12.1 Å². The zero-order valence-corrected chi connectivity index (χ0v) is 14.1. The molecule has 3 aromatic rings. The van der Waals surface area contributed by atoms with Crippen molar-refractivity contribution in [2.24, 2.45) is 0 Å². The molecular formula is C14H13ClF3N7O. The van der Waals surface area contributed by atoms with Gasteiger partial charge in [0, 0.05) is 24.6 Å². The van der Waals surface area contributed by atoms with Crippen molar-refractivity contribution in [3.05, 3.63) is 22.5 Å². The lowest BCUT2D eigenvalue weighted by atomic mass is 9.98. The molecule has 0 amide bonds. The minimum Gasteiger partial charge on any atom is -0.480 e. The number of aromatic amines is 2. The number of rotatable bonds is 3. The Hall–Kier alpha value is -2.37. The number of H-pyrrole nitrogens is 2. The van der Waals surface area contributed by atoms with E-state index in [1.54, 1.807) is 6.07 Å². The average Bonchev–Trinajstić information content (AvgIpc) is 3.31. The summed E-state index contributed by atoms with van der Waals surface area (Å²) < 4.78 is 43.8. The van der Waals surface area contributed by atoms with Crippen LogP contribution in [0.5, 0.6) is 5.88 Å². The zero-order chi connectivity index (χ0) is 18.5. The molecule has 0 atom stereocenters. The van der Waals surface area contributed by atoms with E-state index < -0.39 is 12.0 Å². The molecule has 0 spiro atoms. The Morgan fingerprint density at radius 2 is 1.96 bits per heavy atom. The molecule has 0 radical (unpaired) electrons. The molecule has 1 aliphatic rings. The molecular weight excluding hydrogens is 375 g/mol. The zero-order valence-electron chi connectivity index (χ0n) is 13.3. The molecule has 0 aromatic carbocycles. The topological polar surface area (TPSA) is 104 Å². The SMILES string of the molecule is COc1nc2c(C3CNNC3)c(-c3n[nH]c(C(F)(F)F)n3)[nH]c2cc1Cl. The van der Waals surface area contributed by atoms with Gasteiger partial charge in [-0.2, -0.15) is 18.3 Å². The summed E-state index contributed by atoms with van der Waals surface area (Å²) in [5.41, 5.74) is 8.16. The Labute approximate surface area is 149 Å². The quantitative estimate of drug-likeness (QED) is 0.549. The minimum absolute atomic E-state index is 0.0510. The Bertz CT molecular complexity index is 961. The Kier molecular flexibility index (Phi) is 4.01. The molecule has 12 heteroatoms. The third-order valence-electron chi connectivity index (χ3n) is 4.13. The number of hydrazine groups is 1. The second-order valence-corrected chi connectivity index (χ2v) is 6.16. The van der Waals surface area contributed by atoms with Crippen molar-refractivity contribution in [1.29, 1.82) is 0 Å². The largest absolute Gasteiger partial charge is 0.480 e. The smallest absolute Gasteiger partial charge is 0.451 e. The highest BCUT2D eigenvalue weighted by Crippen LogP contribution is 2.37. The summed E-state index contributed by atoms with van der Waals surface area (Å²) >= 11 is 6.12. The Morgan fingerprint density at radius 3 is 2.58 bits per heavy atom. The molecule has 1 aliphatic heterocycles. The number of nitrogens with zero attached hydrogens (tertiary/aromatic N) is 3. The first-order valence-corrected chi connectivity index (χ1v) is 7.98. The van der Waals surface area contributed by atoms with E-state index in [0.717, 1.165) is 0 Å². The fourth-order valence-corrected chi connectivity index (χ4v) is 3.21. The standard InChI is InChI=1S/C14H13ClF3N7O/c1-26-12-6(15)2-7-9(22-12)8(5-3-19-20-4-5)10(21-7)11-23-13(25-24-11)14(16,17)18/h2,5,19-21H,3-4H2,1H3,(H,23,24,25). The molecule has 4 N–H and O–H groups in total. The van der Waals surface area contributed by atoms with E-state index in [9.17, 15) is 13.2 Å². The molecule has 0 aliphatic carbocycles. The number of hydrogen-bond donors (Lipinski definition) is 4. The van der Waals surface area contributed by atoms with Crippen LogP contribution in [0.3, 0.4) is 0 Å². The second-order valence-electron chi connectivity index (χ2n) is 5.75. The van der Waals surface area contributed by atoms with E-state index in [4.69, 9.17) is 16.3 Å². The van der Waals surface area contributed by atoms with Gasteiger partial charge in [0.05, 0.1) is 23.8 Å². The van der Waals surface area contributed by atoms with Crippen LogP contribution < -0.4 is 15.6 Å². The summed E-state index contributed by atoms with van der Waals surface area (Å²) in [6.45, 7) is 1.15. The molecule has 3 aromatic heterocycles. The molecule has 4 rings (SSSR count). The van der Waals surface area contributed by atoms with Crippen LogP contribution in [-0.4, -0.2) is 45.3 Å². The molecule has 0 bridgehead atoms. The monoisotopic (exact) mass is 387 g/mol. The number of methoxy groups -OCH3 is 1. The van der Waals surface area contributed by atoms with Crippen molar-refractivity contribution in [3.8, 4) is 17.4 Å². The maximum atomic E-state index is 12.9. The molecule has 0 saturated carbocycles. The van der Waals surface area contributed by atoms with E-state index >= 15 is 0 Å². The first kappa shape index (κ1) is 17.1. The van der Waals surface area contributed by atoms with Crippen LogP contribution in [0.25, 0.3) is 22.6 Å². The number of nitrogens with one attached hydrogen (secondary N) is 4.